The smallest absolute Gasteiger partial charge is 0.122 e. The number of nitrogens with one attached hydrogen (secondary N) is 1. The van der Waals surface area contributed by atoms with Crippen molar-refractivity contribution in [3.63, 3.8) is 0 Å². The Morgan fingerprint density at radius 2 is 2.00 bits per heavy atom. The van der Waals surface area contributed by atoms with Crippen LogP contribution in [0.2, 0.25) is 0 Å². The van der Waals surface area contributed by atoms with E-state index in [1.807, 2.05) is 43.3 Å². The Labute approximate surface area is 119 Å². The highest BCUT2D eigenvalue weighted by molar-refractivity contribution is 5.58. The van der Waals surface area contributed by atoms with E-state index in [-0.39, 0.29) is 0 Å². The van der Waals surface area contributed by atoms with E-state index in [1.54, 1.807) is 7.11 Å². The zero-order chi connectivity index (χ0) is 14.4. The van der Waals surface area contributed by atoms with Crippen molar-refractivity contribution in [1.29, 1.82) is 5.26 Å². The lowest BCUT2D eigenvalue weighted by molar-refractivity contribution is 0.410. The van der Waals surface area contributed by atoms with Crippen molar-refractivity contribution in [2.45, 2.75) is 13.3 Å². The molecule has 2 rings (SSSR count). The standard InChI is InChI=1S/C17H18N2O/c1-13-7-8-15(12-18)16(11-13)19-10-9-14-5-3-4-6-17(14)20-2/h3-8,11,19H,9-10H2,1-2H3. The molecule has 0 amide bonds. The summed E-state index contributed by atoms with van der Waals surface area (Å²) >= 11 is 0. The third kappa shape index (κ3) is 3.30. The number of methoxy groups -OCH3 is 1. The molecule has 0 unspecified atom stereocenters. The second kappa shape index (κ2) is 6.63. The van der Waals surface area contributed by atoms with Crippen LogP contribution in [0.1, 0.15) is 16.7 Å². The summed E-state index contributed by atoms with van der Waals surface area (Å²) in [5, 5.41) is 12.4. The summed E-state index contributed by atoms with van der Waals surface area (Å²) in [4.78, 5) is 0. The van der Waals surface area contributed by atoms with Crippen molar-refractivity contribution in [3.05, 3.63) is 59.2 Å². The molecule has 0 aliphatic rings. The fourth-order valence-corrected chi connectivity index (χ4v) is 2.14. The van der Waals surface area contributed by atoms with Crippen LogP contribution >= 0.6 is 0 Å². The number of nitriles is 1. The highest BCUT2D eigenvalue weighted by Crippen LogP contribution is 2.19. The fourth-order valence-electron chi connectivity index (χ4n) is 2.14. The molecule has 0 aliphatic heterocycles. The van der Waals surface area contributed by atoms with Gasteiger partial charge in [0.1, 0.15) is 11.8 Å². The van der Waals surface area contributed by atoms with E-state index in [2.05, 4.69) is 17.5 Å². The summed E-state index contributed by atoms with van der Waals surface area (Å²) in [5.74, 6) is 0.902. The molecule has 0 fully saturated rings. The normalized spacial score (nSPS) is 9.85. The molecule has 0 bridgehead atoms. The van der Waals surface area contributed by atoms with Gasteiger partial charge >= 0.3 is 0 Å². The molecule has 0 heterocycles. The van der Waals surface area contributed by atoms with Crippen molar-refractivity contribution in [2.75, 3.05) is 19.0 Å². The average molecular weight is 266 g/mol. The van der Waals surface area contributed by atoms with Crippen LogP contribution in [0.5, 0.6) is 5.75 Å². The van der Waals surface area contributed by atoms with Gasteiger partial charge in [-0.2, -0.15) is 5.26 Å². The van der Waals surface area contributed by atoms with Gasteiger partial charge in [-0.1, -0.05) is 24.3 Å². The maximum atomic E-state index is 9.10. The number of anilines is 1. The zero-order valence-electron chi connectivity index (χ0n) is 11.8. The number of aryl methyl sites for hydroxylation is 1. The summed E-state index contributed by atoms with van der Waals surface area (Å²) in [6, 6.07) is 16.0. The van der Waals surface area contributed by atoms with Crippen molar-refractivity contribution in [2.24, 2.45) is 0 Å². The maximum absolute atomic E-state index is 9.10. The second-order valence-corrected chi connectivity index (χ2v) is 4.65. The Morgan fingerprint density at radius 1 is 1.20 bits per heavy atom. The molecular weight excluding hydrogens is 248 g/mol. The van der Waals surface area contributed by atoms with Crippen LogP contribution in [0, 0.1) is 18.3 Å². The lowest BCUT2D eigenvalue weighted by Crippen LogP contribution is -2.07. The summed E-state index contributed by atoms with van der Waals surface area (Å²) in [5.41, 5.74) is 3.87. The van der Waals surface area contributed by atoms with E-state index in [0.717, 1.165) is 35.5 Å². The number of nitrogens with zero attached hydrogens (tertiary/aromatic N) is 1. The van der Waals surface area contributed by atoms with Crippen LogP contribution in [0.3, 0.4) is 0 Å². The van der Waals surface area contributed by atoms with Crippen LogP contribution in [-0.2, 0) is 6.42 Å². The first-order valence-corrected chi connectivity index (χ1v) is 6.61. The first-order chi connectivity index (χ1) is 9.74. The van der Waals surface area contributed by atoms with Crippen molar-refractivity contribution in [3.8, 4) is 11.8 Å². The summed E-state index contributed by atoms with van der Waals surface area (Å²) in [7, 11) is 1.68. The van der Waals surface area contributed by atoms with Crippen molar-refractivity contribution < 1.29 is 4.74 Å². The molecule has 0 radical (unpaired) electrons. The molecule has 102 valence electrons. The van der Waals surface area contributed by atoms with Gasteiger partial charge in [-0.15, -0.1) is 0 Å². The molecule has 0 atom stereocenters. The Kier molecular flexibility index (Phi) is 4.62. The van der Waals surface area contributed by atoms with E-state index in [1.165, 1.54) is 0 Å². The Bertz CT molecular complexity index is 629. The lowest BCUT2D eigenvalue weighted by Gasteiger charge is -2.11. The third-order valence-electron chi connectivity index (χ3n) is 3.20. The molecule has 0 aliphatic carbocycles. The van der Waals surface area contributed by atoms with Gasteiger partial charge in [0.25, 0.3) is 0 Å². The predicted octanol–water partition coefficient (Wildman–Crippen LogP) is 3.53. The minimum absolute atomic E-state index is 0.677. The maximum Gasteiger partial charge on any atom is 0.122 e. The first-order valence-electron chi connectivity index (χ1n) is 6.61. The minimum atomic E-state index is 0.677. The Balaban J connectivity index is 2.03. The topological polar surface area (TPSA) is 45.0 Å². The van der Waals surface area contributed by atoms with Gasteiger partial charge in [0, 0.05) is 6.54 Å². The number of ether oxygens (including phenoxy) is 1. The van der Waals surface area contributed by atoms with Gasteiger partial charge in [-0.25, -0.2) is 0 Å². The van der Waals surface area contributed by atoms with E-state index in [4.69, 9.17) is 10.00 Å². The fraction of sp³-hybridized carbons (Fsp3) is 0.235. The third-order valence-corrected chi connectivity index (χ3v) is 3.20. The van der Waals surface area contributed by atoms with Gasteiger partial charge in [0.05, 0.1) is 18.4 Å². The summed E-state index contributed by atoms with van der Waals surface area (Å²) < 4.78 is 5.33. The Morgan fingerprint density at radius 3 is 2.75 bits per heavy atom. The molecule has 2 aromatic carbocycles. The van der Waals surface area contributed by atoms with E-state index >= 15 is 0 Å². The first kappa shape index (κ1) is 14.0. The molecule has 0 aromatic heterocycles. The summed E-state index contributed by atoms with van der Waals surface area (Å²) in [6.45, 7) is 2.78. The number of para-hydroxylation sites is 1. The monoisotopic (exact) mass is 266 g/mol. The second-order valence-electron chi connectivity index (χ2n) is 4.65. The molecule has 1 N–H and O–H groups in total. The van der Waals surface area contributed by atoms with Gasteiger partial charge in [0.2, 0.25) is 0 Å². The predicted molar refractivity (Wildman–Crippen MR) is 81.1 cm³/mol. The quantitative estimate of drug-likeness (QED) is 0.900. The van der Waals surface area contributed by atoms with Crippen LogP contribution < -0.4 is 10.1 Å². The minimum Gasteiger partial charge on any atom is -0.496 e. The van der Waals surface area contributed by atoms with Crippen molar-refractivity contribution >= 4 is 5.69 Å². The van der Waals surface area contributed by atoms with Crippen LogP contribution in [0.4, 0.5) is 5.69 Å². The Hall–Kier alpha value is -2.47. The number of benzene rings is 2. The molecule has 3 nitrogen and oxygen atoms in total. The number of hydrogen-bond acceptors (Lipinski definition) is 3. The van der Waals surface area contributed by atoms with Crippen LogP contribution in [0.25, 0.3) is 0 Å². The van der Waals surface area contributed by atoms with E-state index in [9.17, 15) is 0 Å². The highest BCUT2D eigenvalue weighted by Gasteiger charge is 2.04. The molecule has 3 heteroatoms. The van der Waals surface area contributed by atoms with E-state index < -0.39 is 0 Å². The molecule has 0 saturated heterocycles. The highest BCUT2D eigenvalue weighted by atomic mass is 16.5. The van der Waals surface area contributed by atoms with Gasteiger partial charge in [-0.05, 0) is 42.7 Å². The molecule has 0 saturated carbocycles. The molecule has 2 aromatic rings. The van der Waals surface area contributed by atoms with Gasteiger partial charge in [0.15, 0.2) is 0 Å². The van der Waals surface area contributed by atoms with E-state index in [0.29, 0.717) is 5.56 Å². The van der Waals surface area contributed by atoms with Crippen molar-refractivity contribution in [1.82, 2.24) is 0 Å². The average Bonchev–Trinajstić information content (AvgIpc) is 2.48. The number of hydrogen-bond donors (Lipinski definition) is 1. The number of rotatable bonds is 5. The SMILES string of the molecule is COc1ccccc1CCNc1cc(C)ccc1C#N. The van der Waals surface area contributed by atoms with Gasteiger partial charge in [-0.3, -0.25) is 0 Å². The zero-order valence-corrected chi connectivity index (χ0v) is 11.8. The van der Waals surface area contributed by atoms with Gasteiger partial charge < -0.3 is 10.1 Å². The summed E-state index contributed by atoms with van der Waals surface area (Å²) in [6.07, 6.45) is 0.850. The molecule has 20 heavy (non-hydrogen) atoms. The lowest BCUT2D eigenvalue weighted by atomic mass is 10.1. The largest absolute Gasteiger partial charge is 0.496 e. The van der Waals surface area contributed by atoms with Crippen LogP contribution in [0.15, 0.2) is 42.5 Å². The van der Waals surface area contributed by atoms with Crippen LogP contribution in [-0.4, -0.2) is 13.7 Å². The molecule has 0 spiro atoms. The molecular formula is C17H18N2O.